The summed E-state index contributed by atoms with van der Waals surface area (Å²) in [5.74, 6) is 5.91. The van der Waals surface area contributed by atoms with E-state index in [-0.39, 0.29) is 0 Å². The van der Waals surface area contributed by atoms with E-state index in [4.69, 9.17) is 0 Å². The molecule has 2 heterocycles. The Morgan fingerprint density at radius 1 is 1.16 bits per heavy atom. The highest BCUT2D eigenvalue weighted by molar-refractivity contribution is 6.40. The summed E-state index contributed by atoms with van der Waals surface area (Å²) in [6.07, 6.45) is 11.9. The van der Waals surface area contributed by atoms with Crippen LogP contribution in [0.3, 0.4) is 0 Å². The average molecular weight is 256 g/mol. The fourth-order valence-corrected chi connectivity index (χ4v) is 6.25. The van der Waals surface area contributed by atoms with E-state index in [1.54, 1.807) is 7.28 Å². The second kappa shape index (κ2) is 4.15. The minimum absolute atomic E-state index is 0.604. The van der Waals surface area contributed by atoms with Gasteiger partial charge in [0.15, 0.2) is 0 Å². The van der Waals surface area contributed by atoms with E-state index in [1.165, 1.54) is 38.5 Å². The average Bonchev–Trinajstić information content (AvgIpc) is 2.39. The predicted molar refractivity (Wildman–Crippen MR) is 83.8 cm³/mol. The van der Waals surface area contributed by atoms with Crippen LogP contribution in [0.15, 0.2) is 11.6 Å². The Morgan fingerprint density at radius 2 is 2.00 bits per heavy atom. The Morgan fingerprint density at radius 3 is 2.74 bits per heavy atom. The van der Waals surface area contributed by atoms with Crippen LogP contribution in [-0.2, 0) is 0 Å². The van der Waals surface area contributed by atoms with Crippen LogP contribution < -0.4 is 0 Å². The summed E-state index contributed by atoms with van der Waals surface area (Å²) in [4.78, 5) is 0. The molecule has 1 heteroatoms. The third-order valence-electron chi connectivity index (χ3n) is 7.65. The highest BCUT2D eigenvalue weighted by atomic mass is 14.6. The van der Waals surface area contributed by atoms with Gasteiger partial charge in [0.25, 0.3) is 0 Å². The minimum Gasteiger partial charge on any atom is -0.0811 e. The van der Waals surface area contributed by atoms with E-state index in [1.807, 2.05) is 5.57 Å². The molecule has 0 aromatic carbocycles. The van der Waals surface area contributed by atoms with Gasteiger partial charge in [0, 0.05) is 0 Å². The first-order chi connectivity index (χ1) is 9.07. The number of hydrogen-bond acceptors (Lipinski definition) is 0. The van der Waals surface area contributed by atoms with Crippen molar-refractivity contribution in [3.63, 3.8) is 0 Å². The summed E-state index contributed by atoms with van der Waals surface area (Å²) < 4.78 is 0. The maximum atomic E-state index is 2.75. The van der Waals surface area contributed by atoms with Crippen LogP contribution in [0, 0.1) is 29.1 Å². The van der Waals surface area contributed by atoms with Gasteiger partial charge in [-0.25, -0.2) is 0 Å². The summed E-state index contributed by atoms with van der Waals surface area (Å²) >= 11 is 0. The maximum absolute atomic E-state index is 2.75. The first-order valence-corrected chi connectivity index (χ1v) is 8.79. The monoisotopic (exact) mass is 256 g/mol. The summed E-state index contributed by atoms with van der Waals surface area (Å²) in [6, 6.07) is 0. The predicted octanol–water partition coefficient (Wildman–Crippen LogP) is 4.83. The van der Waals surface area contributed by atoms with Gasteiger partial charge in [-0.05, 0) is 41.9 Å². The molecule has 2 saturated heterocycles. The van der Waals surface area contributed by atoms with E-state index in [0.717, 1.165) is 35.3 Å². The van der Waals surface area contributed by atoms with Crippen molar-refractivity contribution in [3.05, 3.63) is 11.6 Å². The molecular formula is C18H29B. The highest BCUT2D eigenvalue weighted by Crippen LogP contribution is 2.63. The van der Waals surface area contributed by atoms with Crippen LogP contribution in [0.25, 0.3) is 0 Å². The molecule has 104 valence electrons. The Kier molecular flexibility index (Phi) is 2.74. The van der Waals surface area contributed by atoms with E-state index < -0.39 is 0 Å². The Labute approximate surface area is 119 Å². The molecule has 0 radical (unpaired) electrons. The standard InChI is InChI=1S/C18H29B/c1-11-15(9-12-10-16(11)18(12,2)3)14-8-7-13-5-4-6-17(14)19-13/h9,11-14,16-17,19H,4-8,10H2,1-3H3/t11?,12?,13?,14?,16-,17?/m0/s1. The maximum Gasteiger partial charge on any atom is 0.128 e. The van der Waals surface area contributed by atoms with Gasteiger partial charge in [0.1, 0.15) is 7.28 Å². The molecule has 0 N–H and O–H groups in total. The lowest BCUT2D eigenvalue weighted by Crippen LogP contribution is -2.52. The molecule has 0 amide bonds. The lowest BCUT2D eigenvalue weighted by Gasteiger charge is -2.60. The summed E-state index contributed by atoms with van der Waals surface area (Å²) in [6.45, 7) is 7.56. The van der Waals surface area contributed by atoms with Gasteiger partial charge in [0.05, 0.1) is 0 Å². The van der Waals surface area contributed by atoms with Crippen LogP contribution in [0.5, 0.6) is 0 Å². The zero-order valence-electron chi connectivity index (χ0n) is 13.0. The normalized spacial score (nSPS) is 50.8. The van der Waals surface area contributed by atoms with Gasteiger partial charge in [-0.1, -0.05) is 69.7 Å². The van der Waals surface area contributed by atoms with Crippen molar-refractivity contribution in [3.8, 4) is 0 Å². The minimum atomic E-state index is 0.604. The SMILES string of the molecule is CC1C(C2CCC3BC2CCC3)=CC2C[C@@H]1C2(C)C. The van der Waals surface area contributed by atoms with E-state index in [9.17, 15) is 0 Å². The van der Waals surface area contributed by atoms with Gasteiger partial charge in [-0.15, -0.1) is 0 Å². The number of hydrogen-bond donors (Lipinski definition) is 0. The zero-order valence-corrected chi connectivity index (χ0v) is 13.0. The molecule has 5 unspecified atom stereocenters. The topological polar surface area (TPSA) is 0 Å². The molecule has 6 atom stereocenters. The summed E-state index contributed by atoms with van der Waals surface area (Å²) in [5, 5.41) is 0. The van der Waals surface area contributed by atoms with E-state index in [2.05, 4.69) is 26.8 Å². The van der Waals surface area contributed by atoms with Crippen molar-refractivity contribution in [1.29, 1.82) is 0 Å². The number of rotatable bonds is 1. The molecule has 0 aromatic rings. The largest absolute Gasteiger partial charge is 0.128 e. The summed E-state index contributed by atoms with van der Waals surface area (Å²) in [7, 11) is 1.56. The van der Waals surface area contributed by atoms with E-state index >= 15 is 0 Å². The van der Waals surface area contributed by atoms with Crippen LogP contribution in [0.4, 0.5) is 0 Å². The van der Waals surface area contributed by atoms with Crippen LogP contribution >= 0.6 is 0 Å². The van der Waals surface area contributed by atoms with Gasteiger partial charge in [0.2, 0.25) is 0 Å². The highest BCUT2D eigenvalue weighted by Gasteiger charge is 2.54. The second-order valence-corrected chi connectivity index (χ2v) is 8.70. The smallest absolute Gasteiger partial charge is 0.0811 e. The van der Waals surface area contributed by atoms with Crippen molar-refractivity contribution in [2.75, 3.05) is 0 Å². The lowest BCUT2D eigenvalue weighted by molar-refractivity contribution is -0.0357. The molecule has 1 saturated carbocycles. The molecule has 0 spiro atoms. The molecule has 5 aliphatic rings. The van der Waals surface area contributed by atoms with Crippen LogP contribution in [0.2, 0.25) is 11.6 Å². The van der Waals surface area contributed by atoms with Gasteiger partial charge >= 0.3 is 0 Å². The molecular weight excluding hydrogens is 227 g/mol. The van der Waals surface area contributed by atoms with Crippen molar-refractivity contribution in [1.82, 2.24) is 0 Å². The van der Waals surface area contributed by atoms with Crippen molar-refractivity contribution in [2.45, 2.75) is 70.9 Å². The molecule has 4 bridgehead atoms. The molecule has 0 aromatic heterocycles. The molecule has 3 fully saturated rings. The van der Waals surface area contributed by atoms with Gasteiger partial charge < -0.3 is 0 Å². The van der Waals surface area contributed by atoms with Crippen LogP contribution in [0.1, 0.15) is 59.3 Å². The van der Waals surface area contributed by atoms with E-state index in [0.29, 0.717) is 5.41 Å². The molecule has 0 nitrogen and oxygen atoms in total. The Balaban J connectivity index is 1.59. The van der Waals surface area contributed by atoms with Gasteiger partial charge in [-0.2, -0.15) is 0 Å². The third-order valence-corrected chi connectivity index (χ3v) is 7.65. The second-order valence-electron chi connectivity index (χ2n) is 8.70. The fraction of sp³-hybridized carbons (Fsp3) is 0.889. The van der Waals surface area contributed by atoms with Crippen molar-refractivity contribution >= 4 is 7.28 Å². The molecule has 19 heavy (non-hydrogen) atoms. The first kappa shape index (κ1) is 12.5. The zero-order chi connectivity index (χ0) is 13.2. The number of allylic oxidation sites excluding steroid dienone is 2. The molecule has 5 rings (SSSR count). The van der Waals surface area contributed by atoms with Crippen LogP contribution in [-0.4, -0.2) is 7.28 Å². The Hall–Kier alpha value is -0.195. The lowest BCUT2D eigenvalue weighted by atomic mass is 9.38. The quantitative estimate of drug-likeness (QED) is 0.465. The fourth-order valence-electron chi connectivity index (χ4n) is 6.25. The molecule has 3 aliphatic carbocycles. The number of fused-ring (bicyclic) bond motifs is 3. The molecule has 2 aliphatic heterocycles. The van der Waals surface area contributed by atoms with Crippen molar-refractivity contribution < 1.29 is 0 Å². The van der Waals surface area contributed by atoms with Crippen molar-refractivity contribution in [2.24, 2.45) is 29.1 Å². The van der Waals surface area contributed by atoms with Gasteiger partial charge in [-0.3, -0.25) is 0 Å². The summed E-state index contributed by atoms with van der Waals surface area (Å²) in [5.41, 5.74) is 2.51. The first-order valence-electron chi connectivity index (χ1n) is 8.79. The Bertz CT molecular complexity index is 408. The third kappa shape index (κ3) is 1.72.